The van der Waals surface area contributed by atoms with Gasteiger partial charge in [0, 0.05) is 23.0 Å². The van der Waals surface area contributed by atoms with Gasteiger partial charge in [0.05, 0.1) is 0 Å². The van der Waals surface area contributed by atoms with E-state index in [2.05, 4.69) is 55.4 Å². The zero-order valence-electron chi connectivity index (χ0n) is 12.8. The molecule has 1 atom stereocenters. The molecule has 0 aliphatic rings. The molecule has 112 valence electrons. The summed E-state index contributed by atoms with van der Waals surface area (Å²) in [4.78, 5) is 4.29. The first kappa shape index (κ1) is 16.1. The molecule has 0 radical (unpaired) electrons. The highest BCUT2D eigenvalue weighted by molar-refractivity contribution is 7.80. The Kier molecular flexibility index (Phi) is 5.51. The van der Waals surface area contributed by atoms with E-state index in [4.69, 9.17) is 18.0 Å². The Morgan fingerprint density at radius 3 is 2.71 bits per heavy atom. The van der Waals surface area contributed by atoms with Gasteiger partial charge < -0.3 is 5.73 Å². The Hall–Kier alpha value is -1.23. The molecule has 1 heterocycles. The molecule has 0 amide bonds. The summed E-state index contributed by atoms with van der Waals surface area (Å²) in [6.45, 7) is 5.34. The van der Waals surface area contributed by atoms with E-state index in [9.17, 15) is 0 Å². The van der Waals surface area contributed by atoms with Crippen LogP contribution in [0.15, 0.2) is 35.7 Å². The molecule has 0 aliphatic carbocycles. The van der Waals surface area contributed by atoms with Gasteiger partial charge in [-0.3, -0.25) is 4.90 Å². The van der Waals surface area contributed by atoms with Crippen LogP contribution >= 0.6 is 23.6 Å². The van der Waals surface area contributed by atoms with Gasteiger partial charge in [0.25, 0.3) is 0 Å². The van der Waals surface area contributed by atoms with Gasteiger partial charge in [0.2, 0.25) is 0 Å². The molecule has 2 aromatic rings. The molecule has 1 aromatic heterocycles. The number of nitrogens with two attached hydrogens (primary N) is 1. The number of thiophene rings is 1. The van der Waals surface area contributed by atoms with Crippen LogP contribution in [0, 0.1) is 6.92 Å². The maximum absolute atomic E-state index is 5.68. The molecular formula is C17H22N2S2. The van der Waals surface area contributed by atoms with E-state index < -0.39 is 0 Å². The number of rotatable bonds is 6. The highest BCUT2D eigenvalue weighted by atomic mass is 32.1. The maximum atomic E-state index is 5.68. The summed E-state index contributed by atoms with van der Waals surface area (Å²) in [5.41, 5.74) is 9.20. The topological polar surface area (TPSA) is 29.3 Å². The van der Waals surface area contributed by atoms with Gasteiger partial charge in [0.15, 0.2) is 0 Å². The highest BCUT2D eigenvalue weighted by Crippen LogP contribution is 2.17. The first-order valence-electron chi connectivity index (χ1n) is 7.09. The summed E-state index contributed by atoms with van der Waals surface area (Å²) in [7, 11) is 2.18. The van der Waals surface area contributed by atoms with Crippen molar-refractivity contribution in [1.82, 2.24) is 4.90 Å². The predicted octanol–water partition coefficient (Wildman–Crippen LogP) is 3.75. The lowest BCUT2D eigenvalue weighted by atomic mass is 10.0. The van der Waals surface area contributed by atoms with E-state index in [-0.39, 0.29) is 0 Å². The Labute approximate surface area is 136 Å². The molecule has 1 aromatic carbocycles. The first-order valence-corrected chi connectivity index (χ1v) is 8.38. The number of aryl methyl sites for hydroxylation is 1. The van der Waals surface area contributed by atoms with Crippen LogP contribution in [0.2, 0.25) is 0 Å². The van der Waals surface area contributed by atoms with Crippen molar-refractivity contribution in [3.05, 3.63) is 57.3 Å². The molecule has 0 fully saturated rings. The van der Waals surface area contributed by atoms with E-state index in [0.29, 0.717) is 11.0 Å². The third-order valence-electron chi connectivity index (χ3n) is 3.88. The van der Waals surface area contributed by atoms with Crippen molar-refractivity contribution < 1.29 is 0 Å². The van der Waals surface area contributed by atoms with Crippen LogP contribution in [0.1, 0.15) is 28.5 Å². The molecular weight excluding hydrogens is 296 g/mol. The van der Waals surface area contributed by atoms with Gasteiger partial charge in [-0.1, -0.05) is 30.4 Å². The predicted molar refractivity (Wildman–Crippen MR) is 96.0 cm³/mol. The van der Waals surface area contributed by atoms with Crippen molar-refractivity contribution in [2.75, 3.05) is 7.05 Å². The van der Waals surface area contributed by atoms with Crippen LogP contribution in [0.25, 0.3) is 0 Å². The van der Waals surface area contributed by atoms with Gasteiger partial charge in [-0.05, 0) is 56.0 Å². The van der Waals surface area contributed by atoms with Crippen LogP contribution in [0.5, 0.6) is 0 Å². The lowest BCUT2D eigenvalue weighted by Gasteiger charge is -2.25. The standard InChI is InChI=1S/C17H22N2S2/c1-12-9-14(17(18)20)6-7-15(12)11-19(3)13(2)10-16-5-4-8-21-16/h4-9,13H,10-11H2,1-3H3,(H2,18,20). The van der Waals surface area contributed by atoms with Crippen molar-refractivity contribution in [3.63, 3.8) is 0 Å². The summed E-state index contributed by atoms with van der Waals surface area (Å²) >= 11 is 6.86. The second-order valence-corrected chi connectivity index (χ2v) is 7.03. The summed E-state index contributed by atoms with van der Waals surface area (Å²) in [5.74, 6) is 0. The van der Waals surface area contributed by atoms with Gasteiger partial charge in [-0.2, -0.15) is 0 Å². The van der Waals surface area contributed by atoms with E-state index in [1.165, 1.54) is 16.0 Å². The van der Waals surface area contributed by atoms with Crippen LogP contribution in [-0.2, 0) is 13.0 Å². The first-order chi connectivity index (χ1) is 9.97. The average Bonchev–Trinajstić information content (AvgIpc) is 2.93. The summed E-state index contributed by atoms with van der Waals surface area (Å²) in [6, 6.07) is 11.1. The average molecular weight is 319 g/mol. The highest BCUT2D eigenvalue weighted by Gasteiger charge is 2.12. The number of likely N-dealkylation sites (N-methyl/N-ethyl adjacent to an activating group) is 1. The van der Waals surface area contributed by atoms with Crippen molar-refractivity contribution in [2.24, 2.45) is 5.73 Å². The fraction of sp³-hybridized carbons (Fsp3) is 0.353. The van der Waals surface area contributed by atoms with Crippen molar-refractivity contribution in [3.8, 4) is 0 Å². The number of hydrogen-bond acceptors (Lipinski definition) is 3. The Morgan fingerprint density at radius 2 is 2.14 bits per heavy atom. The Bertz CT molecular complexity index is 605. The number of nitrogens with zero attached hydrogens (tertiary/aromatic N) is 1. The summed E-state index contributed by atoms with van der Waals surface area (Å²) in [5, 5.41) is 2.14. The second-order valence-electron chi connectivity index (χ2n) is 5.55. The number of benzene rings is 1. The van der Waals surface area contributed by atoms with E-state index in [0.717, 1.165) is 18.5 Å². The van der Waals surface area contributed by atoms with Crippen LogP contribution in [0.3, 0.4) is 0 Å². The lowest BCUT2D eigenvalue weighted by Crippen LogP contribution is -2.30. The molecule has 1 unspecified atom stereocenters. The van der Waals surface area contributed by atoms with E-state index in [1.54, 1.807) is 0 Å². The van der Waals surface area contributed by atoms with Crippen LogP contribution < -0.4 is 5.73 Å². The van der Waals surface area contributed by atoms with Gasteiger partial charge in [-0.15, -0.1) is 11.3 Å². The SMILES string of the molecule is Cc1cc(C(N)=S)ccc1CN(C)C(C)Cc1cccs1. The smallest absolute Gasteiger partial charge is 0.103 e. The van der Waals surface area contributed by atoms with E-state index >= 15 is 0 Å². The molecule has 0 bridgehead atoms. The normalized spacial score (nSPS) is 12.6. The second kappa shape index (κ2) is 7.16. The quantitative estimate of drug-likeness (QED) is 0.823. The molecule has 2 nitrogen and oxygen atoms in total. The summed E-state index contributed by atoms with van der Waals surface area (Å²) < 4.78 is 0. The number of thiocarbonyl (C=S) groups is 1. The fourth-order valence-electron chi connectivity index (χ4n) is 2.33. The fourth-order valence-corrected chi connectivity index (χ4v) is 3.28. The Balaban J connectivity index is 2.01. The minimum absolute atomic E-state index is 0.462. The molecule has 2 N–H and O–H groups in total. The maximum Gasteiger partial charge on any atom is 0.103 e. The van der Waals surface area contributed by atoms with Gasteiger partial charge in [-0.25, -0.2) is 0 Å². The number of hydrogen-bond donors (Lipinski definition) is 1. The molecule has 2 rings (SSSR count). The molecule has 0 saturated heterocycles. The van der Waals surface area contributed by atoms with E-state index in [1.807, 2.05) is 17.4 Å². The molecule has 21 heavy (non-hydrogen) atoms. The van der Waals surface area contributed by atoms with Crippen LogP contribution in [0.4, 0.5) is 0 Å². The monoisotopic (exact) mass is 318 g/mol. The van der Waals surface area contributed by atoms with Crippen molar-refractivity contribution in [1.29, 1.82) is 0 Å². The van der Waals surface area contributed by atoms with Crippen molar-refractivity contribution in [2.45, 2.75) is 32.9 Å². The third kappa shape index (κ3) is 4.37. The molecule has 4 heteroatoms. The molecule has 0 aliphatic heterocycles. The van der Waals surface area contributed by atoms with Gasteiger partial charge in [0.1, 0.15) is 4.99 Å². The minimum Gasteiger partial charge on any atom is -0.389 e. The molecule has 0 spiro atoms. The zero-order valence-corrected chi connectivity index (χ0v) is 14.4. The zero-order chi connectivity index (χ0) is 15.4. The minimum atomic E-state index is 0.462. The van der Waals surface area contributed by atoms with Crippen molar-refractivity contribution >= 4 is 28.5 Å². The summed E-state index contributed by atoms with van der Waals surface area (Å²) in [6.07, 6.45) is 1.10. The molecule has 0 saturated carbocycles. The lowest BCUT2D eigenvalue weighted by molar-refractivity contribution is 0.248. The van der Waals surface area contributed by atoms with Gasteiger partial charge >= 0.3 is 0 Å². The largest absolute Gasteiger partial charge is 0.389 e. The Morgan fingerprint density at radius 1 is 1.38 bits per heavy atom. The third-order valence-corrected chi connectivity index (χ3v) is 5.01. The van der Waals surface area contributed by atoms with Crippen LogP contribution in [-0.4, -0.2) is 23.0 Å².